The van der Waals surface area contributed by atoms with E-state index in [1.807, 2.05) is 25.8 Å². The van der Waals surface area contributed by atoms with Crippen molar-refractivity contribution in [3.05, 3.63) is 23.8 Å². The van der Waals surface area contributed by atoms with Crippen molar-refractivity contribution in [3.63, 3.8) is 0 Å². The molecule has 0 spiro atoms. The van der Waals surface area contributed by atoms with Gasteiger partial charge in [-0.15, -0.1) is 0 Å². The third-order valence-electron chi connectivity index (χ3n) is 2.41. The van der Waals surface area contributed by atoms with Crippen LogP contribution in [0.5, 0.6) is 0 Å². The number of hydrogen-bond donors (Lipinski definition) is 1. The van der Waals surface area contributed by atoms with Gasteiger partial charge in [0, 0.05) is 13.6 Å². The lowest BCUT2D eigenvalue weighted by atomic mass is 10.1. The van der Waals surface area contributed by atoms with Crippen molar-refractivity contribution in [2.45, 2.75) is 20.0 Å². The van der Waals surface area contributed by atoms with Crippen LogP contribution in [0.4, 0.5) is 24.5 Å². The average molecular weight is 246 g/mol. The van der Waals surface area contributed by atoms with Crippen LogP contribution in [-0.2, 0) is 6.18 Å². The molecular formula is C12H17F3N2. The van der Waals surface area contributed by atoms with Gasteiger partial charge in [0.05, 0.1) is 16.9 Å². The quantitative estimate of drug-likeness (QED) is 0.828. The number of anilines is 2. The first kappa shape index (κ1) is 13.7. The first-order chi connectivity index (χ1) is 7.71. The first-order valence-electron chi connectivity index (χ1n) is 5.39. The number of hydrogen-bond acceptors (Lipinski definition) is 2. The Hall–Kier alpha value is -1.39. The molecule has 0 aliphatic heterocycles. The van der Waals surface area contributed by atoms with E-state index in [0.29, 0.717) is 11.6 Å². The molecular weight excluding hydrogens is 229 g/mol. The summed E-state index contributed by atoms with van der Waals surface area (Å²) in [6.45, 7) is 4.82. The van der Waals surface area contributed by atoms with Crippen LogP contribution < -0.4 is 10.6 Å². The second-order valence-corrected chi connectivity index (χ2v) is 4.55. The summed E-state index contributed by atoms with van der Waals surface area (Å²) >= 11 is 0. The molecule has 0 bridgehead atoms. The Balaban J connectivity index is 2.98. The van der Waals surface area contributed by atoms with E-state index in [1.165, 1.54) is 6.07 Å². The fourth-order valence-corrected chi connectivity index (χ4v) is 1.72. The maximum Gasteiger partial charge on any atom is 0.416 e. The van der Waals surface area contributed by atoms with E-state index in [4.69, 9.17) is 5.73 Å². The zero-order valence-electron chi connectivity index (χ0n) is 10.2. The van der Waals surface area contributed by atoms with Crippen molar-refractivity contribution in [3.8, 4) is 0 Å². The van der Waals surface area contributed by atoms with Gasteiger partial charge in [0.1, 0.15) is 0 Å². The largest absolute Gasteiger partial charge is 0.416 e. The summed E-state index contributed by atoms with van der Waals surface area (Å²) in [5.74, 6) is 0.418. The summed E-state index contributed by atoms with van der Waals surface area (Å²) in [5.41, 5.74) is 5.73. The Morgan fingerprint density at radius 3 is 2.29 bits per heavy atom. The second kappa shape index (κ2) is 4.85. The van der Waals surface area contributed by atoms with Gasteiger partial charge in [-0.05, 0) is 24.1 Å². The summed E-state index contributed by atoms with van der Waals surface area (Å²) in [7, 11) is 1.82. The molecule has 1 aromatic rings. The molecule has 5 heteroatoms. The van der Waals surface area contributed by atoms with Crippen LogP contribution >= 0.6 is 0 Å². The SMILES string of the molecule is CC(C)CN(C)c1ccc(C(F)(F)F)cc1N. The van der Waals surface area contributed by atoms with Crippen LogP contribution in [0.1, 0.15) is 19.4 Å². The Bertz CT molecular complexity index is 386. The molecule has 17 heavy (non-hydrogen) atoms. The van der Waals surface area contributed by atoms with Crippen LogP contribution in [0.2, 0.25) is 0 Å². The van der Waals surface area contributed by atoms with E-state index in [1.54, 1.807) is 0 Å². The minimum absolute atomic E-state index is 0.156. The van der Waals surface area contributed by atoms with Crippen molar-refractivity contribution in [1.29, 1.82) is 0 Å². The van der Waals surface area contributed by atoms with Crippen molar-refractivity contribution in [1.82, 2.24) is 0 Å². The summed E-state index contributed by atoms with van der Waals surface area (Å²) in [4.78, 5) is 1.86. The van der Waals surface area contributed by atoms with Crippen molar-refractivity contribution >= 4 is 11.4 Å². The fourth-order valence-electron chi connectivity index (χ4n) is 1.72. The minimum Gasteiger partial charge on any atom is -0.397 e. The zero-order chi connectivity index (χ0) is 13.2. The number of nitrogen functional groups attached to an aromatic ring is 1. The third-order valence-corrected chi connectivity index (χ3v) is 2.41. The molecule has 2 N–H and O–H groups in total. The monoisotopic (exact) mass is 246 g/mol. The Morgan fingerprint density at radius 2 is 1.88 bits per heavy atom. The van der Waals surface area contributed by atoms with Gasteiger partial charge < -0.3 is 10.6 Å². The number of halogens is 3. The predicted octanol–water partition coefficient (Wildman–Crippen LogP) is 3.38. The summed E-state index contributed by atoms with van der Waals surface area (Å²) in [6, 6.07) is 3.45. The molecule has 1 rings (SSSR count). The molecule has 0 amide bonds. The number of benzene rings is 1. The lowest BCUT2D eigenvalue weighted by Crippen LogP contribution is -2.23. The highest BCUT2D eigenvalue weighted by atomic mass is 19.4. The Labute approximate surface area is 99.2 Å². The predicted molar refractivity (Wildman–Crippen MR) is 64.0 cm³/mol. The molecule has 0 aromatic heterocycles. The topological polar surface area (TPSA) is 29.3 Å². The molecule has 0 unspecified atom stereocenters. The Kier molecular flexibility index (Phi) is 3.91. The van der Waals surface area contributed by atoms with Crippen LogP contribution in [0, 0.1) is 5.92 Å². The normalized spacial score (nSPS) is 11.9. The van der Waals surface area contributed by atoms with E-state index < -0.39 is 11.7 Å². The standard InChI is InChI=1S/C12H17F3N2/c1-8(2)7-17(3)11-5-4-9(6-10(11)16)12(13,14)15/h4-6,8H,7,16H2,1-3H3. The number of nitrogens with zero attached hydrogens (tertiary/aromatic N) is 1. The van der Waals surface area contributed by atoms with Gasteiger partial charge in [0.25, 0.3) is 0 Å². The zero-order valence-corrected chi connectivity index (χ0v) is 10.2. The van der Waals surface area contributed by atoms with Crippen LogP contribution in [-0.4, -0.2) is 13.6 Å². The summed E-state index contributed by atoms with van der Waals surface area (Å²) < 4.78 is 37.3. The summed E-state index contributed by atoms with van der Waals surface area (Å²) in [5, 5.41) is 0. The lowest BCUT2D eigenvalue weighted by Gasteiger charge is -2.23. The average Bonchev–Trinajstić information content (AvgIpc) is 2.14. The third kappa shape index (κ3) is 3.54. The minimum atomic E-state index is -4.34. The molecule has 0 aliphatic carbocycles. The van der Waals surface area contributed by atoms with Crippen molar-refractivity contribution in [2.24, 2.45) is 5.92 Å². The van der Waals surface area contributed by atoms with E-state index in [-0.39, 0.29) is 5.69 Å². The molecule has 0 aliphatic rings. The molecule has 0 fully saturated rings. The van der Waals surface area contributed by atoms with E-state index in [0.717, 1.165) is 18.7 Å². The Morgan fingerprint density at radius 1 is 1.29 bits per heavy atom. The first-order valence-corrected chi connectivity index (χ1v) is 5.39. The van der Waals surface area contributed by atoms with E-state index in [9.17, 15) is 13.2 Å². The lowest BCUT2D eigenvalue weighted by molar-refractivity contribution is -0.137. The van der Waals surface area contributed by atoms with Crippen molar-refractivity contribution in [2.75, 3.05) is 24.2 Å². The van der Waals surface area contributed by atoms with Gasteiger partial charge in [0.15, 0.2) is 0 Å². The van der Waals surface area contributed by atoms with Crippen molar-refractivity contribution < 1.29 is 13.2 Å². The van der Waals surface area contributed by atoms with Gasteiger partial charge in [-0.3, -0.25) is 0 Å². The van der Waals surface area contributed by atoms with E-state index in [2.05, 4.69) is 0 Å². The van der Waals surface area contributed by atoms with Crippen LogP contribution in [0.25, 0.3) is 0 Å². The van der Waals surface area contributed by atoms with E-state index >= 15 is 0 Å². The molecule has 0 saturated heterocycles. The summed E-state index contributed by atoms with van der Waals surface area (Å²) in [6.07, 6.45) is -4.34. The highest BCUT2D eigenvalue weighted by molar-refractivity contribution is 5.68. The van der Waals surface area contributed by atoms with Gasteiger partial charge in [-0.2, -0.15) is 13.2 Å². The maximum atomic E-state index is 12.4. The second-order valence-electron chi connectivity index (χ2n) is 4.55. The molecule has 0 heterocycles. The number of alkyl halides is 3. The smallest absolute Gasteiger partial charge is 0.397 e. The molecule has 0 radical (unpaired) electrons. The van der Waals surface area contributed by atoms with Gasteiger partial charge in [-0.1, -0.05) is 13.8 Å². The van der Waals surface area contributed by atoms with Gasteiger partial charge >= 0.3 is 6.18 Å². The molecule has 1 aromatic carbocycles. The fraction of sp³-hybridized carbons (Fsp3) is 0.500. The van der Waals surface area contributed by atoms with Crippen LogP contribution in [0.15, 0.2) is 18.2 Å². The molecule has 0 atom stereocenters. The molecule has 0 saturated carbocycles. The molecule has 96 valence electrons. The number of rotatable bonds is 3. The highest BCUT2D eigenvalue weighted by Crippen LogP contribution is 2.33. The highest BCUT2D eigenvalue weighted by Gasteiger charge is 2.30. The number of nitrogens with two attached hydrogens (primary N) is 1. The molecule has 2 nitrogen and oxygen atoms in total. The van der Waals surface area contributed by atoms with Gasteiger partial charge in [-0.25, -0.2) is 0 Å². The van der Waals surface area contributed by atoms with Crippen LogP contribution in [0.3, 0.4) is 0 Å². The van der Waals surface area contributed by atoms with Gasteiger partial charge in [0.2, 0.25) is 0 Å². The maximum absolute atomic E-state index is 12.4.